The highest BCUT2D eigenvalue weighted by molar-refractivity contribution is 5.76. The minimum absolute atomic E-state index is 0.00514. The van der Waals surface area contributed by atoms with Gasteiger partial charge in [-0.2, -0.15) is 5.10 Å². The van der Waals surface area contributed by atoms with Gasteiger partial charge in [0.05, 0.1) is 17.6 Å². The fraction of sp³-hybridized carbons (Fsp3) is 0.733. The first-order valence-electron chi connectivity index (χ1n) is 7.95. The van der Waals surface area contributed by atoms with Gasteiger partial charge in [0, 0.05) is 25.4 Å². The summed E-state index contributed by atoms with van der Waals surface area (Å²) in [6.07, 6.45) is 1.67. The smallest absolute Gasteiger partial charge is 0.312 e. The molecule has 1 aliphatic heterocycles. The molecule has 0 aliphatic carbocycles. The Bertz CT molecular complexity index is 597. The summed E-state index contributed by atoms with van der Waals surface area (Å²) in [6, 6.07) is 0. The number of likely N-dealkylation sites (tertiary alicyclic amines) is 1. The van der Waals surface area contributed by atoms with Crippen LogP contribution in [0.5, 0.6) is 0 Å². The van der Waals surface area contributed by atoms with Crippen LogP contribution in [0.25, 0.3) is 0 Å². The zero-order valence-electron chi connectivity index (χ0n) is 13.9. The van der Waals surface area contributed by atoms with Crippen molar-refractivity contribution in [3.8, 4) is 0 Å². The molecule has 0 aromatic carbocycles. The van der Waals surface area contributed by atoms with Gasteiger partial charge in [0.25, 0.3) is 0 Å². The van der Waals surface area contributed by atoms with Gasteiger partial charge in [-0.15, -0.1) is 0 Å². The van der Waals surface area contributed by atoms with Gasteiger partial charge in [0.1, 0.15) is 11.4 Å². The molecule has 8 nitrogen and oxygen atoms in total. The number of hydrogen-bond acceptors (Lipinski definition) is 5. The van der Waals surface area contributed by atoms with Gasteiger partial charge < -0.3 is 10.0 Å². The normalized spacial score (nSPS) is 19.7. The summed E-state index contributed by atoms with van der Waals surface area (Å²) in [7, 11) is 0. The quantitative estimate of drug-likeness (QED) is 0.652. The number of carbonyl (C=O) groups is 1. The van der Waals surface area contributed by atoms with E-state index < -0.39 is 11.0 Å². The number of aromatic nitrogens is 2. The summed E-state index contributed by atoms with van der Waals surface area (Å²) in [5.74, 6) is 0.132. The largest absolute Gasteiger partial charge is 0.393 e. The second kappa shape index (κ2) is 7.08. The molecule has 0 bridgehead atoms. The molecule has 128 valence electrons. The van der Waals surface area contributed by atoms with Crippen LogP contribution in [0.3, 0.4) is 0 Å². The van der Waals surface area contributed by atoms with E-state index in [-0.39, 0.29) is 23.9 Å². The van der Waals surface area contributed by atoms with E-state index in [0.29, 0.717) is 31.0 Å². The molecule has 0 spiro atoms. The third-order valence-corrected chi connectivity index (χ3v) is 4.56. The Hall–Kier alpha value is -1.96. The molecular weight excluding hydrogens is 300 g/mol. The number of nitro groups is 1. The van der Waals surface area contributed by atoms with Gasteiger partial charge in [0.15, 0.2) is 0 Å². The van der Waals surface area contributed by atoms with Crippen LogP contribution in [0.1, 0.15) is 37.6 Å². The number of aliphatic hydroxyl groups is 1. The first kappa shape index (κ1) is 17.4. The Kier molecular flexibility index (Phi) is 5.35. The lowest BCUT2D eigenvalue weighted by Gasteiger charge is -2.34. The fourth-order valence-corrected chi connectivity index (χ4v) is 3.16. The lowest BCUT2D eigenvalue weighted by atomic mass is 9.93. The number of aryl methyl sites for hydroxylation is 2. The van der Waals surface area contributed by atoms with E-state index in [1.54, 1.807) is 25.7 Å². The maximum absolute atomic E-state index is 12.3. The van der Waals surface area contributed by atoms with E-state index in [1.165, 1.54) is 4.68 Å². The average molecular weight is 324 g/mol. The molecule has 1 aromatic heterocycles. The van der Waals surface area contributed by atoms with Crippen molar-refractivity contribution < 1.29 is 14.8 Å². The van der Waals surface area contributed by atoms with Crippen LogP contribution in [-0.2, 0) is 11.3 Å². The monoisotopic (exact) mass is 324 g/mol. The fourth-order valence-electron chi connectivity index (χ4n) is 3.16. The number of rotatable bonds is 5. The van der Waals surface area contributed by atoms with E-state index in [9.17, 15) is 20.0 Å². The Balaban J connectivity index is 1.97. The molecule has 1 saturated heterocycles. The Morgan fingerprint density at radius 1 is 1.52 bits per heavy atom. The van der Waals surface area contributed by atoms with E-state index in [1.807, 2.05) is 0 Å². The maximum Gasteiger partial charge on any atom is 0.312 e. The van der Waals surface area contributed by atoms with E-state index in [2.05, 4.69) is 5.10 Å². The predicted octanol–water partition coefficient (Wildman–Crippen LogP) is 1.42. The summed E-state index contributed by atoms with van der Waals surface area (Å²) in [4.78, 5) is 24.7. The Morgan fingerprint density at radius 3 is 2.78 bits per heavy atom. The first-order valence-corrected chi connectivity index (χ1v) is 7.95. The van der Waals surface area contributed by atoms with E-state index in [4.69, 9.17) is 0 Å². The number of hydrogen-bond donors (Lipinski definition) is 1. The highest BCUT2D eigenvalue weighted by atomic mass is 16.6. The number of carbonyl (C=O) groups excluding carboxylic acids is 1. The number of nitrogens with zero attached hydrogens (tertiary/aromatic N) is 4. The first-order chi connectivity index (χ1) is 10.8. The van der Waals surface area contributed by atoms with Gasteiger partial charge in [-0.3, -0.25) is 19.6 Å². The van der Waals surface area contributed by atoms with Crippen molar-refractivity contribution in [1.29, 1.82) is 0 Å². The zero-order valence-corrected chi connectivity index (χ0v) is 13.9. The van der Waals surface area contributed by atoms with Crippen LogP contribution in [0.2, 0.25) is 0 Å². The molecule has 1 amide bonds. The van der Waals surface area contributed by atoms with Gasteiger partial charge >= 0.3 is 5.69 Å². The van der Waals surface area contributed by atoms with E-state index in [0.717, 1.165) is 12.8 Å². The van der Waals surface area contributed by atoms with Crippen LogP contribution in [0, 0.1) is 29.9 Å². The standard InChI is InChI=1S/C15H24N4O4/c1-10-15(19(22)23)11(2)18(16-10)8-6-14(21)17-7-4-5-13(9-17)12(3)20/h12-13,20H,4-9H2,1-3H3. The molecule has 2 rings (SSSR count). The van der Waals surface area contributed by atoms with Crippen molar-refractivity contribution >= 4 is 11.6 Å². The SMILES string of the molecule is Cc1nn(CCC(=O)N2CCCC(C(C)O)C2)c(C)c1[N+](=O)[O-]. The Labute approximate surface area is 135 Å². The van der Waals surface area contributed by atoms with Crippen LogP contribution < -0.4 is 0 Å². The highest BCUT2D eigenvalue weighted by Crippen LogP contribution is 2.23. The molecule has 8 heteroatoms. The van der Waals surface area contributed by atoms with Crippen molar-refractivity contribution in [3.05, 3.63) is 21.5 Å². The highest BCUT2D eigenvalue weighted by Gasteiger charge is 2.27. The van der Waals surface area contributed by atoms with Crippen molar-refractivity contribution in [1.82, 2.24) is 14.7 Å². The third-order valence-electron chi connectivity index (χ3n) is 4.56. The minimum Gasteiger partial charge on any atom is -0.393 e. The molecule has 1 aliphatic rings. The van der Waals surface area contributed by atoms with Crippen LogP contribution in [-0.4, -0.2) is 49.8 Å². The third kappa shape index (κ3) is 3.87. The summed E-state index contributed by atoms with van der Waals surface area (Å²) in [5.41, 5.74) is 0.859. The second-order valence-electron chi connectivity index (χ2n) is 6.23. The minimum atomic E-state index is -0.437. The molecule has 2 atom stereocenters. The summed E-state index contributed by atoms with van der Waals surface area (Å²) in [6.45, 7) is 6.62. The van der Waals surface area contributed by atoms with Gasteiger partial charge in [-0.05, 0) is 33.6 Å². The average Bonchev–Trinajstić information content (AvgIpc) is 2.79. The van der Waals surface area contributed by atoms with Crippen LogP contribution in [0.4, 0.5) is 5.69 Å². The van der Waals surface area contributed by atoms with E-state index >= 15 is 0 Å². The van der Waals surface area contributed by atoms with Gasteiger partial charge in [-0.25, -0.2) is 0 Å². The van der Waals surface area contributed by atoms with Crippen molar-refractivity contribution in [2.24, 2.45) is 5.92 Å². The molecule has 0 radical (unpaired) electrons. The summed E-state index contributed by atoms with van der Waals surface area (Å²) < 4.78 is 1.53. The molecule has 23 heavy (non-hydrogen) atoms. The molecule has 2 unspecified atom stereocenters. The molecule has 0 saturated carbocycles. The topological polar surface area (TPSA) is 102 Å². The molecule has 2 heterocycles. The van der Waals surface area contributed by atoms with Gasteiger partial charge in [-0.1, -0.05) is 0 Å². The number of aliphatic hydroxyl groups excluding tert-OH is 1. The molecular formula is C15H24N4O4. The summed E-state index contributed by atoms with van der Waals surface area (Å²) in [5, 5.41) is 24.8. The van der Waals surface area contributed by atoms with Crippen LogP contribution in [0.15, 0.2) is 0 Å². The molecule has 1 aromatic rings. The van der Waals surface area contributed by atoms with Crippen molar-refractivity contribution in [2.45, 2.75) is 52.7 Å². The zero-order chi connectivity index (χ0) is 17.1. The molecule has 1 fully saturated rings. The van der Waals surface area contributed by atoms with Crippen molar-refractivity contribution in [3.63, 3.8) is 0 Å². The maximum atomic E-state index is 12.3. The van der Waals surface area contributed by atoms with Crippen LogP contribution >= 0.6 is 0 Å². The number of piperidine rings is 1. The Morgan fingerprint density at radius 2 is 2.22 bits per heavy atom. The number of amides is 1. The lowest BCUT2D eigenvalue weighted by molar-refractivity contribution is -0.386. The molecule has 1 N–H and O–H groups in total. The summed E-state index contributed by atoms with van der Waals surface area (Å²) >= 11 is 0. The van der Waals surface area contributed by atoms with Crippen molar-refractivity contribution in [2.75, 3.05) is 13.1 Å². The van der Waals surface area contributed by atoms with Gasteiger partial charge in [0.2, 0.25) is 5.91 Å². The second-order valence-corrected chi connectivity index (χ2v) is 6.23. The lowest BCUT2D eigenvalue weighted by Crippen LogP contribution is -2.43. The predicted molar refractivity (Wildman–Crippen MR) is 84.0 cm³/mol.